The van der Waals surface area contributed by atoms with Crippen LogP contribution in [0.25, 0.3) is 10.9 Å². The van der Waals surface area contributed by atoms with Crippen LogP contribution < -0.4 is 5.32 Å². The van der Waals surface area contributed by atoms with Gasteiger partial charge in [0.25, 0.3) is 5.91 Å². The number of nitriles is 2. The number of carbonyl (C=O) groups excluding carboxylic acids is 1. The van der Waals surface area contributed by atoms with Gasteiger partial charge < -0.3 is 10.2 Å². The quantitative estimate of drug-likeness (QED) is 0.404. The summed E-state index contributed by atoms with van der Waals surface area (Å²) in [6, 6.07) is 6.90. The van der Waals surface area contributed by atoms with Crippen molar-refractivity contribution < 1.29 is 26.7 Å². The molecule has 1 aliphatic heterocycles. The fourth-order valence-electron chi connectivity index (χ4n) is 4.53. The molecule has 2 aromatic carbocycles. The third-order valence-corrected chi connectivity index (χ3v) is 6.74. The maximum Gasteiger partial charge on any atom is 0.417 e. The zero-order valence-electron chi connectivity index (χ0n) is 20.5. The maximum absolute atomic E-state index is 15.7. The Bertz CT molecular complexity index is 1610. The summed E-state index contributed by atoms with van der Waals surface area (Å²) in [5.41, 5.74) is -0.863. The van der Waals surface area contributed by atoms with Crippen molar-refractivity contribution in [2.45, 2.75) is 32.9 Å². The number of anilines is 1. The lowest BCUT2D eigenvalue weighted by Gasteiger charge is -2.33. The molecule has 4 rings (SSSR count). The summed E-state index contributed by atoms with van der Waals surface area (Å²) in [5.74, 6) is -4.36. The molecular weight excluding hydrogens is 507 g/mol. The molecule has 38 heavy (non-hydrogen) atoms. The summed E-state index contributed by atoms with van der Waals surface area (Å²) in [4.78, 5) is 14.5. The molecule has 7 nitrogen and oxygen atoms in total. The van der Waals surface area contributed by atoms with Gasteiger partial charge in [-0.05, 0) is 45.0 Å². The van der Waals surface area contributed by atoms with Crippen molar-refractivity contribution in [2.75, 3.05) is 12.4 Å². The van der Waals surface area contributed by atoms with Gasteiger partial charge in [-0.1, -0.05) is 0 Å². The second-order valence-electron chi connectivity index (χ2n) is 8.76. The number of amides is 1. The Labute approximate surface area is 213 Å². The molecule has 1 aliphatic rings. The fourth-order valence-corrected chi connectivity index (χ4v) is 4.53. The molecule has 0 atom stereocenters. The van der Waals surface area contributed by atoms with Crippen LogP contribution in [0.4, 0.5) is 27.8 Å². The largest absolute Gasteiger partial charge is 0.417 e. The van der Waals surface area contributed by atoms with Gasteiger partial charge in [-0.3, -0.25) is 9.89 Å². The second kappa shape index (κ2) is 9.30. The molecular formula is C26H19F5N6O. The number of hydrogen-bond donors (Lipinski definition) is 2. The lowest BCUT2D eigenvalue weighted by Crippen LogP contribution is -2.26. The number of aryl methyl sites for hydroxylation is 1. The summed E-state index contributed by atoms with van der Waals surface area (Å²) >= 11 is 0. The van der Waals surface area contributed by atoms with Crippen molar-refractivity contribution in [3.8, 4) is 12.1 Å². The molecule has 194 valence electrons. The Kier molecular flexibility index (Phi) is 6.45. The van der Waals surface area contributed by atoms with Crippen molar-refractivity contribution >= 4 is 22.6 Å². The number of rotatable bonds is 3. The van der Waals surface area contributed by atoms with Gasteiger partial charge in [0, 0.05) is 35.0 Å². The molecule has 0 radical (unpaired) electrons. The van der Waals surface area contributed by atoms with E-state index in [9.17, 15) is 32.9 Å². The van der Waals surface area contributed by atoms with Gasteiger partial charge in [0.1, 0.15) is 11.6 Å². The van der Waals surface area contributed by atoms with Crippen molar-refractivity contribution in [1.29, 1.82) is 10.5 Å². The van der Waals surface area contributed by atoms with Crippen LogP contribution in [-0.2, 0) is 6.18 Å². The maximum atomic E-state index is 15.7. The number of halogens is 5. The molecule has 0 saturated heterocycles. The van der Waals surface area contributed by atoms with Crippen LogP contribution in [0.1, 0.15) is 46.8 Å². The topological polar surface area (TPSA) is 109 Å². The number of benzene rings is 2. The molecule has 0 fully saturated rings. The molecule has 1 amide bonds. The average Bonchev–Trinajstić information content (AvgIpc) is 3.26. The van der Waals surface area contributed by atoms with Crippen molar-refractivity contribution in [3.63, 3.8) is 0 Å². The number of carbonyl (C=O) groups is 1. The molecule has 0 saturated carbocycles. The Morgan fingerprint density at radius 2 is 1.68 bits per heavy atom. The van der Waals surface area contributed by atoms with E-state index in [1.54, 1.807) is 25.8 Å². The van der Waals surface area contributed by atoms with E-state index in [1.807, 2.05) is 0 Å². The first-order valence-corrected chi connectivity index (χ1v) is 11.1. The summed E-state index contributed by atoms with van der Waals surface area (Å²) in [6.45, 7) is 4.74. The SMILES string of the molecule is CC1=C(C#N)C(c2cc3c(NC(=O)c4cc(F)ccc4C(F)(F)F)n[nH]c3c(C)c2F)C(C#N)=C(C)N1C. The van der Waals surface area contributed by atoms with Crippen LogP contribution in [-0.4, -0.2) is 28.1 Å². The van der Waals surface area contributed by atoms with Crippen LogP contribution >= 0.6 is 0 Å². The Hall–Kier alpha value is -4.71. The summed E-state index contributed by atoms with van der Waals surface area (Å²) < 4.78 is 69.7. The van der Waals surface area contributed by atoms with E-state index in [2.05, 4.69) is 27.7 Å². The van der Waals surface area contributed by atoms with Crippen molar-refractivity contribution in [1.82, 2.24) is 15.1 Å². The van der Waals surface area contributed by atoms with Gasteiger partial charge in [0.05, 0.1) is 45.8 Å². The average molecular weight is 526 g/mol. The molecule has 2 heterocycles. The first kappa shape index (κ1) is 26.4. The van der Waals surface area contributed by atoms with Crippen LogP contribution in [0.3, 0.4) is 0 Å². The standard InChI is InChI=1S/C26H19F5N6O/c1-11-22(28)16(21-18(9-32)12(2)37(4)13(3)19(21)10-33)8-17-23(11)35-36-24(17)34-25(38)15-7-14(27)5-6-20(15)26(29,30)31/h5-8,21H,1-4H3,(H2,34,35,36,38). The van der Waals surface area contributed by atoms with E-state index in [0.29, 0.717) is 29.6 Å². The van der Waals surface area contributed by atoms with E-state index >= 15 is 4.39 Å². The predicted molar refractivity (Wildman–Crippen MR) is 127 cm³/mol. The lowest BCUT2D eigenvalue weighted by atomic mass is 9.80. The lowest BCUT2D eigenvalue weighted by molar-refractivity contribution is -0.137. The number of fused-ring (bicyclic) bond motifs is 1. The zero-order valence-corrected chi connectivity index (χ0v) is 20.5. The number of H-pyrrole nitrogens is 1. The Morgan fingerprint density at radius 3 is 2.24 bits per heavy atom. The molecule has 0 spiro atoms. The third-order valence-electron chi connectivity index (χ3n) is 6.74. The molecule has 1 aromatic heterocycles. The van der Waals surface area contributed by atoms with Gasteiger partial charge in [0.2, 0.25) is 0 Å². The highest BCUT2D eigenvalue weighted by atomic mass is 19.4. The highest BCUT2D eigenvalue weighted by molar-refractivity contribution is 6.09. The monoisotopic (exact) mass is 526 g/mol. The first-order chi connectivity index (χ1) is 17.8. The minimum absolute atomic E-state index is 0.0477. The number of alkyl halides is 3. The normalized spacial score (nSPS) is 14.7. The van der Waals surface area contributed by atoms with Gasteiger partial charge in [-0.15, -0.1) is 0 Å². The van der Waals surface area contributed by atoms with Crippen molar-refractivity contribution in [3.05, 3.63) is 80.7 Å². The molecule has 0 aliphatic carbocycles. The van der Waals surface area contributed by atoms with Crippen LogP contribution in [0, 0.1) is 41.2 Å². The molecule has 0 unspecified atom stereocenters. The minimum Gasteiger partial charge on any atom is -0.350 e. The molecule has 3 aromatic rings. The predicted octanol–water partition coefficient (Wildman–Crippen LogP) is 6.04. The van der Waals surface area contributed by atoms with E-state index < -0.39 is 40.8 Å². The number of nitrogens with zero attached hydrogens (tertiary/aromatic N) is 4. The summed E-state index contributed by atoms with van der Waals surface area (Å²) in [6.07, 6.45) is -4.93. The zero-order chi connectivity index (χ0) is 28.1. The van der Waals surface area contributed by atoms with Crippen LogP contribution in [0.2, 0.25) is 0 Å². The van der Waals surface area contributed by atoms with E-state index in [-0.39, 0.29) is 39.0 Å². The van der Waals surface area contributed by atoms with E-state index in [0.717, 1.165) is 0 Å². The number of nitrogens with one attached hydrogen (secondary N) is 2. The van der Waals surface area contributed by atoms with Gasteiger partial charge in [-0.2, -0.15) is 28.8 Å². The fraction of sp³-hybridized carbons (Fsp3) is 0.231. The number of hydrogen-bond acceptors (Lipinski definition) is 5. The third kappa shape index (κ3) is 4.14. The number of aromatic nitrogens is 2. The summed E-state index contributed by atoms with van der Waals surface area (Å²) in [5, 5.41) is 28.6. The minimum atomic E-state index is -4.93. The first-order valence-electron chi connectivity index (χ1n) is 11.1. The van der Waals surface area contributed by atoms with E-state index in [1.165, 1.54) is 13.0 Å². The smallest absolute Gasteiger partial charge is 0.350 e. The van der Waals surface area contributed by atoms with Gasteiger partial charge in [0.15, 0.2) is 5.82 Å². The molecule has 12 heteroatoms. The number of aromatic amines is 1. The van der Waals surface area contributed by atoms with Gasteiger partial charge in [-0.25, -0.2) is 8.78 Å². The summed E-state index contributed by atoms with van der Waals surface area (Å²) in [7, 11) is 1.67. The van der Waals surface area contributed by atoms with Crippen LogP contribution in [0.5, 0.6) is 0 Å². The molecule has 0 bridgehead atoms. The van der Waals surface area contributed by atoms with E-state index in [4.69, 9.17) is 0 Å². The van der Waals surface area contributed by atoms with Crippen LogP contribution in [0.15, 0.2) is 46.8 Å². The number of allylic oxidation sites excluding steroid dienone is 4. The molecule has 2 N–H and O–H groups in total. The second-order valence-corrected chi connectivity index (χ2v) is 8.76. The Balaban J connectivity index is 1.88. The highest BCUT2D eigenvalue weighted by Crippen LogP contribution is 2.43. The Morgan fingerprint density at radius 1 is 1.08 bits per heavy atom. The van der Waals surface area contributed by atoms with Crippen molar-refractivity contribution in [2.24, 2.45) is 0 Å². The van der Waals surface area contributed by atoms with Gasteiger partial charge >= 0.3 is 6.18 Å². The highest BCUT2D eigenvalue weighted by Gasteiger charge is 2.37.